The molecule has 0 atom stereocenters. The third-order valence-corrected chi connectivity index (χ3v) is 6.62. The third kappa shape index (κ3) is 3.19. The summed E-state index contributed by atoms with van der Waals surface area (Å²) in [6.07, 6.45) is 1.40. The quantitative estimate of drug-likeness (QED) is 0.676. The monoisotopic (exact) mass is 385 g/mol. The molecule has 1 aromatic carbocycles. The van der Waals surface area contributed by atoms with Crippen molar-refractivity contribution >= 4 is 21.6 Å². The second-order valence-corrected chi connectivity index (χ2v) is 8.39. The van der Waals surface area contributed by atoms with Crippen LogP contribution in [0.4, 0.5) is 0 Å². The van der Waals surface area contributed by atoms with Crippen LogP contribution in [0.3, 0.4) is 0 Å². The van der Waals surface area contributed by atoms with E-state index in [1.807, 2.05) is 6.92 Å². The minimum absolute atomic E-state index is 0.182. The van der Waals surface area contributed by atoms with E-state index in [0.717, 1.165) is 5.56 Å². The van der Waals surface area contributed by atoms with Gasteiger partial charge in [0.1, 0.15) is 12.0 Å². The highest BCUT2D eigenvalue weighted by atomic mass is 32.2. The van der Waals surface area contributed by atoms with Gasteiger partial charge in [0.05, 0.1) is 4.90 Å². The number of aromatic nitrogens is 3. The van der Waals surface area contributed by atoms with Gasteiger partial charge in [-0.3, -0.25) is 4.79 Å². The molecule has 3 aromatic rings. The molecule has 4 rings (SSSR count). The average molecular weight is 385 g/mol. The number of aryl methyl sites for hydroxylation is 1. The highest BCUT2D eigenvalue weighted by Gasteiger charge is 2.31. The number of pyridine rings is 1. The van der Waals surface area contributed by atoms with E-state index in [1.165, 1.54) is 15.1 Å². The Hall–Kier alpha value is -2.78. The molecule has 0 spiro atoms. The summed E-state index contributed by atoms with van der Waals surface area (Å²) in [5.41, 5.74) is 2.02. The Kier molecular flexibility index (Phi) is 4.40. The first kappa shape index (κ1) is 17.6. The number of fused-ring (bicyclic) bond motifs is 1. The molecule has 140 valence electrons. The van der Waals surface area contributed by atoms with Crippen LogP contribution in [0, 0.1) is 6.92 Å². The second kappa shape index (κ2) is 6.75. The smallest absolute Gasteiger partial charge is 0.272 e. The van der Waals surface area contributed by atoms with Crippen molar-refractivity contribution in [3.05, 3.63) is 60.0 Å². The SMILES string of the molecule is Cc1ccc(S(=O)(=O)N2CCN(C(=O)c3cccc4ncnn34)CC2)cc1. The van der Waals surface area contributed by atoms with Crippen LogP contribution in [0.1, 0.15) is 16.1 Å². The van der Waals surface area contributed by atoms with Crippen molar-refractivity contribution in [2.45, 2.75) is 11.8 Å². The summed E-state index contributed by atoms with van der Waals surface area (Å²) in [6.45, 7) is 3.09. The lowest BCUT2D eigenvalue weighted by Gasteiger charge is -2.34. The van der Waals surface area contributed by atoms with E-state index in [2.05, 4.69) is 10.1 Å². The lowest BCUT2D eigenvalue weighted by Crippen LogP contribution is -2.50. The van der Waals surface area contributed by atoms with E-state index in [4.69, 9.17) is 0 Å². The summed E-state index contributed by atoms with van der Waals surface area (Å²) in [6, 6.07) is 12.0. The number of benzene rings is 1. The Morgan fingerprint density at radius 1 is 1.00 bits per heavy atom. The molecule has 0 unspecified atom stereocenters. The van der Waals surface area contributed by atoms with Gasteiger partial charge < -0.3 is 4.90 Å². The number of sulfonamides is 1. The second-order valence-electron chi connectivity index (χ2n) is 6.45. The van der Waals surface area contributed by atoms with Gasteiger partial charge in [0.2, 0.25) is 10.0 Å². The highest BCUT2D eigenvalue weighted by molar-refractivity contribution is 7.89. The van der Waals surface area contributed by atoms with Crippen LogP contribution in [-0.2, 0) is 10.0 Å². The number of carbonyl (C=O) groups excluding carboxylic acids is 1. The van der Waals surface area contributed by atoms with E-state index >= 15 is 0 Å². The lowest BCUT2D eigenvalue weighted by molar-refractivity contribution is 0.0689. The van der Waals surface area contributed by atoms with E-state index in [0.29, 0.717) is 24.4 Å². The van der Waals surface area contributed by atoms with Crippen LogP contribution in [0.25, 0.3) is 5.65 Å². The number of piperazine rings is 1. The molecule has 8 nitrogen and oxygen atoms in total. The molecule has 1 aliphatic heterocycles. The first-order valence-electron chi connectivity index (χ1n) is 8.62. The molecule has 0 aliphatic carbocycles. The fraction of sp³-hybridized carbons (Fsp3) is 0.278. The van der Waals surface area contributed by atoms with Gasteiger partial charge in [0.15, 0.2) is 5.65 Å². The number of rotatable bonds is 3. The van der Waals surface area contributed by atoms with E-state index in [-0.39, 0.29) is 23.9 Å². The molecular formula is C18H19N5O3S. The molecule has 0 radical (unpaired) electrons. The molecular weight excluding hydrogens is 366 g/mol. The summed E-state index contributed by atoms with van der Waals surface area (Å²) in [5, 5.41) is 4.09. The Morgan fingerprint density at radius 2 is 1.70 bits per heavy atom. The van der Waals surface area contributed by atoms with Crippen molar-refractivity contribution < 1.29 is 13.2 Å². The van der Waals surface area contributed by atoms with Gasteiger partial charge in [-0.05, 0) is 31.2 Å². The van der Waals surface area contributed by atoms with Crippen molar-refractivity contribution in [2.75, 3.05) is 26.2 Å². The highest BCUT2D eigenvalue weighted by Crippen LogP contribution is 2.19. The number of nitrogens with zero attached hydrogens (tertiary/aromatic N) is 5. The van der Waals surface area contributed by atoms with Gasteiger partial charge >= 0.3 is 0 Å². The topological polar surface area (TPSA) is 87.9 Å². The predicted octanol–water partition coefficient (Wildman–Crippen LogP) is 1.18. The molecule has 9 heteroatoms. The average Bonchev–Trinajstić information content (AvgIpc) is 3.17. The molecule has 27 heavy (non-hydrogen) atoms. The zero-order valence-electron chi connectivity index (χ0n) is 14.8. The molecule has 1 saturated heterocycles. The molecule has 0 saturated carbocycles. The molecule has 1 aliphatic rings. The maximum absolute atomic E-state index is 12.8. The molecule has 2 aromatic heterocycles. The maximum atomic E-state index is 12.8. The van der Waals surface area contributed by atoms with Crippen LogP contribution in [0.5, 0.6) is 0 Å². The van der Waals surface area contributed by atoms with Crippen LogP contribution in [-0.4, -0.2) is 64.3 Å². The van der Waals surface area contributed by atoms with Crippen LogP contribution < -0.4 is 0 Å². The van der Waals surface area contributed by atoms with Crippen molar-refractivity contribution in [1.29, 1.82) is 0 Å². The minimum atomic E-state index is -3.55. The summed E-state index contributed by atoms with van der Waals surface area (Å²) < 4.78 is 28.5. The summed E-state index contributed by atoms with van der Waals surface area (Å²) in [5.74, 6) is -0.182. The summed E-state index contributed by atoms with van der Waals surface area (Å²) in [7, 11) is -3.55. The van der Waals surface area contributed by atoms with E-state index in [1.54, 1.807) is 47.4 Å². The van der Waals surface area contributed by atoms with Gasteiger partial charge in [0, 0.05) is 26.2 Å². The van der Waals surface area contributed by atoms with Crippen molar-refractivity contribution in [3.8, 4) is 0 Å². The maximum Gasteiger partial charge on any atom is 0.272 e. The van der Waals surface area contributed by atoms with Gasteiger partial charge in [-0.2, -0.15) is 9.40 Å². The summed E-state index contributed by atoms with van der Waals surface area (Å²) in [4.78, 5) is 18.9. The minimum Gasteiger partial charge on any atom is -0.335 e. The zero-order chi connectivity index (χ0) is 19.0. The fourth-order valence-corrected chi connectivity index (χ4v) is 4.58. The van der Waals surface area contributed by atoms with E-state index < -0.39 is 10.0 Å². The van der Waals surface area contributed by atoms with Gasteiger partial charge in [-0.15, -0.1) is 0 Å². The molecule has 3 heterocycles. The third-order valence-electron chi connectivity index (χ3n) is 4.71. The molecule has 0 bridgehead atoms. The number of hydrogen-bond donors (Lipinski definition) is 0. The number of amides is 1. The van der Waals surface area contributed by atoms with Crippen LogP contribution in [0.2, 0.25) is 0 Å². The first-order valence-corrected chi connectivity index (χ1v) is 10.1. The van der Waals surface area contributed by atoms with Gasteiger partial charge in [-0.25, -0.2) is 17.9 Å². The molecule has 1 amide bonds. The van der Waals surface area contributed by atoms with Crippen molar-refractivity contribution in [1.82, 2.24) is 23.8 Å². The Morgan fingerprint density at radius 3 is 2.41 bits per heavy atom. The fourth-order valence-electron chi connectivity index (χ4n) is 3.16. The Bertz CT molecular complexity index is 1080. The lowest BCUT2D eigenvalue weighted by atomic mass is 10.2. The predicted molar refractivity (Wildman–Crippen MR) is 98.8 cm³/mol. The van der Waals surface area contributed by atoms with Crippen molar-refractivity contribution in [3.63, 3.8) is 0 Å². The summed E-state index contributed by atoms with van der Waals surface area (Å²) >= 11 is 0. The van der Waals surface area contributed by atoms with Gasteiger partial charge in [0.25, 0.3) is 5.91 Å². The van der Waals surface area contributed by atoms with Gasteiger partial charge in [-0.1, -0.05) is 23.8 Å². The standard InChI is InChI=1S/C18H19N5O3S/c1-14-5-7-15(8-6-14)27(25,26)22-11-9-21(10-12-22)18(24)16-3-2-4-17-19-13-20-23(16)17/h2-8,13H,9-12H2,1H3. The molecule has 0 N–H and O–H groups in total. The largest absolute Gasteiger partial charge is 0.335 e. The zero-order valence-corrected chi connectivity index (χ0v) is 15.6. The molecule has 1 fully saturated rings. The number of carbonyl (C=O) groups is 1. The number of hydrogen-bond acceptors (Lipinski definition) is 5. The van der Waals surface area contributed by atoms with Crippen LogP contribution in [0.15, 0.2) is 53.7 Å². The van der Waals surface area contributed by atoms with Crippen LogP contribution >= 0.6 is 0 Å². The Balaban J connectivity index is 1.49. The Labute approximate surface area is 157 Å². The normalized spacial score (nSPS) is 16.0. The van der Waals surface area contributed by atoms with E-state index in [9.17, 15) is 13.2 Å². The van der Waals surface area contributed by atoms with Crippen molar-refractivity contribution in [2.24, 2.45) is 0 Å². The first-order chi connectivity index (χ1) is 13.0.